The van der Waals surface area contributed by atoms with Crippen molar-refractivity contribution in [3.05, 3.63) is 41.8 Å². The highest BCUT2D eigenvalue weighted by Gasteiger charge is 2.33. The van der Waals surface area contributed by atoms with Gasteiger partial charge in [0, 0.05) is 25.2 Å². The Kier molecular flexibility index (Phi) is 3.55. The topological polar surface area (TPSA) is 72.1 Å². The van der Waals surface area contributed by atoms with E-state index >= 15 is 0 Å². The maximum Gasteiger partial charge on any atom is 0.433 e. The summed E-state index contributed by atoms with van der Waals surface area (Å²) in [5.41, 5.74) is -0.892. The van der Waals surface area contributed by atoms with Crippen LogP contribution in [0.4, 0.5) is 13.2 Å². The summed E-state index contributed by atoms with van der Waals surface area (Å²) in [6.45, 7) is 0.887. The minimum Gasteiger partial charge on any atom is -0.343 e. The van der Waals surface area contributed by atoms with Gasteiger partial charge in [0.15, 0.2) is 5.82 Å². The van der Waals surface area contributed by atoms with E-state index in [-0.39, 0.29) is 17.4 Å². The number of pyridine rings is 1. The zero-order valence-corrected chi connectivity index (χ0v) is 11.2. The molecule has 0 saturated carbocycles. The van der Waals surface area contributed by atoms with Crippen molar-refractivity contribution in [2.24, 2.45) is 0 Å². The van der Waals surface area contributed by atoms with E-state index in [9.17, 15) is 18.0 Å². The second-order valence-electron chi connectivity index (χ2n) is 4.96. The summed E-state index contributed by atoms with van der Waals surface area (Å²) in [4.78, 5) is 21.1. The quantitative estimate of drug-likeness (QED) is 0.849. The third-order valence-corrected chi connectivity index (χ3v) is 3.52. The van der Waals surface area contributed by atoms with Crippen molar-refractivity contribution in [3.63, 3.8) is 0 Å². The van der Waals surface area contributed by atoms with E-state index in [4.69, 9.17) is 0 Å². The Balaban J connectivity index is 1.70. The number of rotatable bonds is 2. The zero-order chi connectivity index (χ0) is 15.7. The molecule has 1 amide bonds. The summed E-state index contributed by atoms with van der Waals surface area (Å²) in [5, 5.41) is 3.74. The van der Waals surface area contributed by atoms with Crippen LogP contribution in [0.1, 0.15) is 34.2 Å². The van der Waals surface area contributed by atoms with Crippen molar-refractivity contribution in [1.29, 1.82) is 0 Å². The second kappa shape index (κ2) is 5.39. The van der Waals surface area contributed by atoms with Gasteiger partial charge in [-0.3, -0.25) is 9.78 Å². The standard InChI is InChI=1S/C13H11F3N4O2/c14-13(15,16)10-2-1-8(5-17-10)12(21)20-4-3-9(6-20)11-18-7-22-19-11/h1-2,5,7,9H,3-4,6H2/t9-/m0/s1. The molecule has 0 N–H and O–H groups in total. The smallest absolute Gasteiger partial charge is 0.343 e. The fourth-order valence-corrected chi connectivity index (χ4v) is 2.38. The first-order chi connectivity index (χ1) is 10.4. The first-order valence-corrected chi connectivity index (χ1v) is 6.54. The summed E-state index contributed by atoms with van der Waals surface area (Å²) >= 11 is 0. The lowest BCUT2D eigenvalue weighted by Crippen LogP contribution is -2.28. The van der Waals surface area contributed by atoms with Crippen LogP contribution in [0.25, 0.3) is 0 Å². The fraction of sp³-hybridized carbons (Fsp3) is 0.385. The summed E-state index contributed by atoms with van der Waals surface area (Å²) in [6.07, 6.45) is -1.66. The molecule has 6 nitrogen and oxygen atoms in total. The number of carbonyl (C=O) groups excluding carboxylic acids is 1. The molecule has 2 aromatic heterocycles. The number of halogens is 3. The monoisotopic (exact) mass is 312 g/mol. The predicted octanol–water partition coefficient (Wildman–Crippen LogP) is 2.11. The normalized spacial score (nSPS) is 18.7. The molecule has 0 radical (unpaired) electrons. The minimum absolute atomic E-state index is 0.0230. The van der Waals surface area contributed by atoms with Crippen LogP contribution in [0.3, 0.4) is 0 Å². The average molecular weight is 312 g/mol. The van der Waals surface area contributed by atoms with Crippen LogP contribution in [0.2, 0.25) is 0 Å². The third-order valence-electron chi connectivity index (χ3n) is 3.52. The fourth-order valence-electron chi connectivity index (χ4n) is 2.38. The summed E-state index contributed by atoms with van der Waals surface area (Å²) in [7, 11) is 0. The molecule has 1 atom stereocenters. The van der Waals surface area contributed by atoms with Crippen LogP contribution in [-0.2, 0) is 6.18 Å². The van der Waals surface area contributed by atoms with Gasteiger partial charge >= 0.3 is 6.18 Å². The highest BCUT2D eigenvalue weighted by molar-refractivity contribution is 5.94. The lowest BCUT2D eigenvalue weighted by Gasteiger charge is -2.16. The van der Waals surface area contributed by atoms with Gasteiger partial charge in [0.05, 0.1) is 5.56 Å². The third kappa shape index (κ3) is 2.78. The van der Waals surface area contributed by atoms with Crippen LogP contribution in [0, 0.1) is 0 Å². The number of hydrogen-bond donors (Lipinski definition) is 0. The molecule has 0 aliphatic carbocycles. The van der Waals surface area contributed by atoms with Gasteiger partial charge < -0.3 is 9.42 Å². The van der Waals surface area contributed by atoms with Gasteiger partial charge in [0.1, 0.15) is 5.69 Å². The van der Waals surface area contributed by atoms with Crippen molar-refractivity contribution in [2.75, 3.05) is 13.1 Å². The molecular formula is C13H11F3N4O2. The van der Waals surface area contributed by atoms with E-state index in [1.165, 1.54) is 6.39 Å². The summed E-state index contributed by atoms with van der Waals surface area (Å²) < 4.78 is 42.0. The Hall–Kier alpha value is -2.45. The molecule has 1 fully saturated rings. The molecule has 0 bridgehead atoms. The highest BCUT2D eigenvalue weighted by Crippen LogP contribution is 2.28. The van der Waals surface area contributed by atoms with Crippen LogP contribution in [-0.4, -0.2) is 39.0 Å². The number of alkyl halides is 3. The second-order valence-corrected chi connectivity index (χ2v) is 4.96. The first-order valence-electron chi connectivity index (χ1n) is 6.54. The molecule has 3 rings (SSSR count). The van der Waals surface area contributed by atoms with E-state index in [0.29, 0.717) is 25.3 Å². The van der Waals surface area contributed by atoms with E-state index in [1.807, 2.05) is 0 Å². The molecule has 2 aromatic rings. The molecule has 0 aromatic carbocycles. The SMILES string of the molecule is O=C(c1ccc(C(F)(F)F)nc1)N1CC[C@H](c2ncon2)C1. The maximum absolute atomic E-state index is 12.4. The molecule has 1 aliphatic heterocycles. The molecule has 1 aliphatic rings. The van der Waals surface area contributed by atoms with Crippen molar-refractivity contribution in [2.45, 2.75) is 18.5 Å². The number of hydrogen-bond acceptors (Lipinski definition) is 5. The average Bonchev–Trinajstić information content (AvgIpc) is 3.16. The Morgan fingerprint density at radius 1 is 1.32 bits per heavy atom. The van der Waals surface area contributed by atoms with Gasteiger partial charge in [0.25, 0.3) is 5.91 Å². The Morgan fingerprint density at radius 2 is 2.14 bits per heavy atom. The van der Waals surface area contributed by atoms with Crippen molar-refractivity contribution < 1.29 is 22.5 Å². The number of likely N-dealkylation sites (tertiary alicyclic amines) is 1. The lowest BCUT2D eigenvalue weighted by molar-refractivity contribution is -0.141. The Morgan fingerprint density at radius 3 is 2.73 bits per heavy atom. The number of nitrogens with zero attached hydrogens (tertiary/aromatic N) is 4. The predicted molar refractivity (Wildman–Crippen MR) is 66.8 cm³/mol. The minimum atomic E-state index is -4.51. The summed E-state index contributed by atoms with van der Waals surface area (Å²) in [5.74, 6) is 0.151. The van der Waals surface area contributed by atoms with Gasteiger partial charge in [-0.2, -0.15) is 18.2 Å². The van der Waals surface area contributed by atoms with Crippen LogP contribution in [0.5, 0.6) is 0 Å². The molecule has 9 heteroatoms. The lowest BCUT2D eigenvalue weighted by atomic mass is 10.1. The van der Waals surface area contributed by atoms with Crippen molar-refractivity contribution in [1.82, 2.24) is 20.0 Å². The molecule has 22 heavy (non-hydrogen) atoms. The van der Waals surface area contributed by atoms with Crippen LogP contribution >= 0.6 is 0 Å². The molecule has 0 unspecified atom stereocenters. The van der Waals surface area contributed by atoms with Crippen molar-refractivity contribution >= 4 is 5.91 Å². The van der Waals surface area contributed by atoms with Gasteiger partial charge in [-0.05, 0) is 18.6 Å². The summed E-state index contributed by atoms with van der Waals surface area (Å²) in [6, 6.07) is 1.94. The van der Waals surface area contributed by atoms with E-state index in [1.54, 1.807) is 4.90 Å². The number of carbonyl (C=O) groups is 1. The Bertz CT molecular complexity index is 655. The van der Waals surface area contributed by atoms with Crippen LogP contribution < -0.4 is 0 Å². The Labute approximate surface area is 122 Å². The largest absolute Gasteiger partial charge is 0.433 e. The maximum atomic E-state index is 12.4. The molecule has 0 spiro atoms. The van der Waals surface area contributed by atoms with Gasteiger partial charge in [-0.15, -0.1) is 0 Å². The first kappa shape index (κ1) is 14.5. The molecule has 3 heterocycles. The van der Waals surface area contributed by atoms with Crippen LogP contribution in [0.15, 0.2) is 29.2 Å². The molecular weight excluding hydrogens is 301 g/mol. The highest BCUT2D eigenvalue weighted by atomic mass is 19.4. The molecule has 1 saturated heterocycles. The number of aromatic nitrogens is 3. The van der Waals surface area contributed by atoms with Gasteiger partial charge in [-0.1, -0.05) is 5.16 Å². The van der Waals surface area contributed by atoms with Crippen molar-refractivity contribution in [3.8, 4) is 0 Å². The zero-order valence-electron chi connectivity index (χ0n) is 11.2. The van der Waals surface area contributed by atoms with E-state index in [0.717, 1.165) is 18.3 Å². The van der Waals surface area contributed by atoms with Gasteiger partial charge in [0.2, 0.25) is 6.39 Å². The molecule has 116 valence electrons. The van der Waals surface area contributed by atoms with E-state index < -0.39 is 11.9 Å². The number of amides is 1. The van der Waals surface area contributed by atoms with E-state index in [2.05, 4.69) is 19.6 Å². The van der Waals surface area contributed by atoms with Gasteiger partial charge in [-0.25, -0.2) is 0 Å².